The number of hydrogen-bond acceptors (Lipinski definition) is 4. The van der Waals surface area contributed by atoms with Crippen molar-refractivity contribution in [2.75, 3.05) is 18.8 Å². The normalized spacial score (nSPS) is 15.1. The van der Waals surface area contributed by atoms with Crippen LogP contribution in [0.1, 0.15) is 16.8 Å². The van der Waals surface area contributed by atoms with Crippen LogP contribution in [0.3, 0.4) is 0 Å². The molecule has 3 rings (SSSR count). The average Bonchev–Trinajstić information content (AvgIpc) is 2.53. The number of carbonyl (C=O) groups is 1. The summed E-state index contributed by atoms with van der Waals surface area (Å²) >= 11 is 0. The number of anilines is 1. The zero-order valence-corrected chi connectivity index (χ0v) is 8.63. The van der Waals surface area contributed by atoms with Gasteiger partial charge < -0.3 is 10.6 Å². The van der Waals surface area contributed by atoms with Gasteiger partial charge in [-0.15, -0.1) is 5.10 Å². The molecule has 2 N–H and O–H groups in total. The third kappa shape index (κ3) is 1.30. The second-order valence-electron chi connectivity index (χ2n) is 3.84. The molecule has 2 aromatic rings. The van der Waals surface area contributed by atoms with Gasteiger partial charge in [0.2, 0.25) is 5.95 Å². The largest absolute Gasteiger partial charge is 0.366 e. The van der Waals surface area contributed by atoms with Gasteiger partial charge in [-0.2, -0.15) is 4.98 Å². The first-order valence-corrected chi connectivity index (χ1v) is 5.15. The van der Waals surface area contributed by atoms with Crippen LogP contribution in [0.15, 0.2) is 18.3 Å². The smallest absolute Gasteiger partial charge is 0.255 e. The highest BCUT2D eigenvalue weighted by Crippen LogP contribution is 2.13. The van der Waals surface area contributed by atoms with Crippen molar-refractivity contribution >= 4 is 17.5 Å². The lowest BCUT2D eigenvalue weighted by Gasteiger charge is -2.30. The van der Waals surface area contributed by atoms with Crippen molar-refractivity contribution in [3.05, 3.63) is 23.9 Å². The Morgan fingerprint density at radius 1 is 1.38 bits per heavy atom. The van der Waals surface area contributed by atoms with E-state index < -0.39 is 0 Å². The Balaban J connectivity index is 2.00. The van der Waals surface area contributed by atoms with E-state index in [-0.39, 0.29) is 11.9 Å². The Labute approximate surface area is 91.7 Å². The molecule has 0 aromatic carbocycles. The number of nitrogens with two attached hydrogens (primary N) is 1. The zero-order valence-electron chi connectivity index (χ0n) is 8.63. The monoisotopic (exact) mass is 217 g/mol. The third-order valence-electron chi connectivity index (χ3n) is 2.74. The number of likely N-dealkylation sites (tertiary alicyclic amines) is 1. The summed E-state index contributed by atoms with van der Waals surface area (Å²) < 4.78 is 1.53. The van der Waals surface area contributed by atoms with Crippen LogP contribution in [0.25, 0.3) is 5.65 Å². The highest BCUT2D eigenvalue weighted by atomic mass is 16.2. The van der Waals surface area contributed by atoms with E-state index in [1.54, 1.807) is 23.2 Å². The standard InChI is InChI=1S/C10H11N5O/c11-10-12-8-3-2-7(6-15(8)13-10)9(16)14-4-1-5-14/h2-3,6H,1,4-5H2,(H2,11,13). The lowest BCUT2D eigenvalue weighted by atomic mass is 10.1. The average molecular weight is 217 g/mol. The van der Waals surface area contributed by atoms with Crippen molar-refractivity contribution in [1.29, 1.82) is 0 Å². The molecule has 82 valence electrons. The van der Waals surface area contributed by atoms with Crippen LogP contribution >= 0.6 is 0 Å². The van der Waals surface area contributed by atoms with Gasteiger partial charge in [-0.05, 0) is 18.6 Å². The fraction of sp³-hybridized carbons (Fsp3) is 0.300. The lowest BCUT2D eigenvalue weighted by molar-refractivity contribution is 0.0651. The Morgan fingerprint density at radius 2 is 2.19 bits per heavy atom. The molecular weight excluding hydrogens is 206 g/mol. The minimum atomic E-state index is 0.0437. The van der Waals surface area contributed by atoms with Crippen molar-refractivity contribution < 1.29 is 4.79 Å². The number of nitrogens with zero attached hydrogens (tertiary/aromatic N) is 4. The van der Waals surface area contributed by atoms with E-state index in [0.29, 0.717) is 11.2 Å². The molecule has 1 fully saturated rings. The quantitative estimate of drug-likeness (QED) is 0.738. The molecule has 0 atom stereocenters. The predicted molar refractivity (Wildman–Crippen MR) is 57.9 cm³/mol. The van der Waals surface area contributed by atoms with Gasteiger partial charge in [0, 0.05) is 19.3 Å². The van der Waals surface area contributed by atoms with Crippen molar-refractivity contribution in [1.82, 2.24) is 19.5 Å². The zero-order chi connectivity index (χ0) is 11.1. The van der Waals surface area contributed by atoms with Gasteiger partial charge in [-0.1, -0.05) is 0 Å². The molecule has 2 aromatic heterocycles. The number of rotatable bonds is 1. The summed E-state index contributed by atoms with van der Waals surface area (Å²) in [5.41, 5.74) is 6.75. The second-order valence-corrected chi connectivity index (χ2v) is 3.84. The molecule has 0 spiro atoms. The first-order chi connectivity index (χ1) is 7.74. The molecule has 0 unspecified atom stereocenters. The fourth-order valence-electron chi connectivity index (χ4n) is 1.73. The van der Waals surface area contributed by atoms with Gasteiger partial charge in [0.25, 0.3) is 5.91 Å². The fourth-order valence-corrected chi connectivity index (χ4v) is 1.73. The molecule has 3 heterocycles. The maximum Gasteiger partial charge on any atom is 0.255 e. The van der Waals surface area contributed by atoms with Gasteiger partial charge in [0.1, 0.15) is 0 Å². The van der Waals surface area contributed by atoms with Gasteiger partial charge >= 0.3 is 0 Å². The van der Waals surface area contributed by atoms with Crippen LogP contribution in [0, 0.1) is 0 Å². The molecule has 0 radical (unpaired) electrons. The van der Waals surface area contributed by atoms with Crippen molar-refractivity contribution in [3.8, 4) is 0 Å². The summed E-state index contributed by atoms with van der Waals surface area (Å²) in [4.78, 5) is 17.7. The molecular formula is C10H11N5O. The summed E-state index contributed by atoms with van der Waals surface area (Å²) in [6.45, 7) is 1.69. The van der Waals surface area contributed by atoms with E-state index in [0.717, 1.165) is 19.5 Å². The van der Waals surface area contributed by atoms with Gasteiger partial charge in [0.15, 0.2) is 5.65 Å². The van der Waals surface area contributed by atoms with Crippen molar-refractivity contribution in [2.24, 2.45) is 0 Å². The maximum absolute atomic E-state index is 11.9. The molecule has 6 heteroatoms. The third-order valence-corrected chi connectivity index (χ3v) is 2.74. The van der Waals surface area contributed by atoms with E-state index in [1.807, 2.05) is 0 Å². The first kappa shape index (κ1) is 9.14. The summed E-state index contributed by atoms with van der Waals surface area (Å²) in [5, 5.41) is 3.97. The van der Waals surface area contributed by atoms with Crippen molar-refractivity contribution in [3.63, 3.8) is 0 Å². The lowest BCUT2D eigenvalue weighted by Crippen LogP contribution is -2.42. The maximum atomic E-state index is 11.9. The van der Waals surface area contributed by atoms with Crippen LogP contribution in [0.2, 0.25) is 0 Å². The van der Waals surface area contributed by atoms with Crippen LogP contribution in [-0.4, -0.2) is 38.5 Å². The molecule has 16 heavy (non-hydrogen) atoms. The van der Waals surface area contributed by atoms with E-state index in [9.17, 15) is 4.79 Å². The number of pyridine rings is 1. The van der Waals surface area contributed by atoms with Crippen LogP contribution in [0.4, 0.5) is 5.95 Å². The van der Waals surface area contributed by atoms with Gasteiger partial charge in [-0.3, -0.25) is 4.79 Å². The molecule has 0 aliphatic carbocycles. The SMILES string of the molecule is Nc1nc2ccc(C(=O)N3CCC3)cn2n1. The highest BCUT2D eigenvalue weighted by molar-refractivity contribution is 5.94. The van der Waals surface area contributed by atoms with Crippen LogP contribution in [-0.2, 0) is 0 Å². The van der Waals surface area contributed by atoms with Crippen LogP contribution < -0.4 is 5.73 Å². The number of carbonyl (C=O) groups excluding carboxylic acids is 1. The topological polar surface area (TPSA) is 76.5 Å². The number of fused-ring (bicyclic) bond motifs is 1. The molecule has 0 bridgehead atoms. The van der Waals surface area contributed by atoms with Gasteiger partial charge in [0.05, 0.1) is 5.56 Å². The Morgan fingerprint density at radius 3 is 2.88 bits per heavy atom. The van der Waals surface area contributed by atoms with E-state index >= 15 is 0 Å². The number of aromatic nitrogens is 3. The van der Waals surface area contributed by atoms with Crippen molar-refractivity contribution in [2.45, 2.75) is 6.42 Å². The minimum Gasteiger partial charge on any atom is -0.366 e. The summed E-state index contributed by atoms with van der Waals surface area (Å²) in [5.74, 6) is 0.260. The molecule has 1 amide bonds. The van der Waals surface area contributed by atoms with E-state index in [1.165, 1.54) is 4.52 Å². The molecule has 1 aliphatic heterocycles. The number of hydrogen-bond donors (Lipinski definition) is 1. The predicted octanol–water partition coefficient (Wildman–Crippen LogP) is 0.157. The van der Waals surface area contributed by atoms with Crippen LogP contribution in [0.5, 0.6) is 0 Å². The van der Waals surface area contributed by atoms with Gasteiger partial charge in [-0.25, -0.2) is 4.52 Å². The second kappa shape index (κ2) is 3.19. The van der Waals surface area contributed by atoms with E-state index in [4.69, 9.17) is 5.73 Å². The number of nitrogen functional groups attached to an aromatic ring is 1. The molecule has 0 saturated carbocycles. The molecule has 1 saturated heterocycles. The number of amides is 1. The molecule has 1 aliphatic rings. The molecule has 6 nitrogen and oxygen atoms in total. The highest BCUT2D eigenvalue weighted by Gasteiger charge is 2.21. The first-order valence-electron chi connectivity index (χ1n) is 5.15. The summed E-state index contributed by atoms with van der Waals surface area (Å²) in [7, 11) is 0. The summed E-state index contributed by atoms with van der Waals surface area (Å²) in [6, 6.07) is 3.50. The Hall–Kier alpha value is -2.11. The Kier molecular flexibility index (Phi) is 1.82. The summed E-state index contributed by atoms with van der Waals surface area (Å²) in [6.07, 6.45) is 2.75. The minimum absolute atomic E-state index is 0.0437. The Bertz CT molecular complexity index is 557. The van der Waals surface area contributed by atoms with E-state index in [2.05, 4.69) is 10.1 Å².